The van der Waals surface area contributed by atoms with Gasteiger partial charge in [0, 0.05) is 23.0 Å². The molecule has 142 valence electrons. The van der Waals surface area contributed by atoms with Crippen LogP contribution in [-0.2, 0) is 20.9 Å². The smallest absolute Gasteiger partial charge is 0.309 e. The van der Waals surface area contributed by atoms with Crippen molar-refractivity contribution in [2.45, 2.75) is 45.6 Å². The van der Waals surface area contributed by atoms with Crippen molar-refractivity contribution in [3.8, 4) is 11.3 Å². The lowest BCUT2D eigenvalue weighted by molar-refractivity contribution is -0.154. The van der Waals surface area contributed by atoms with E-state index in [0.717, 1.165) is 30.4 Å². The first-order valence-electron chi connectivity index (χ1n) is 9.44. The van der Waals surface area contributed by atoms with Gasteiger partial charge in [0.15, 0.2) is 5.76 Å². The SMILES string of the molecule is Cc1c(COC(=O)C2C[C@H]3CCC[C@@H](C2)C3=O)noc1-c1ccc(F)cc1. The summed E-state index contributed by atoms with van der Waals surface area (Å²) in [5, 5.41) is 4.00. The van der Waals surface area contributed by atoms with Crippen molar-refractivity contribution in [2.24, 2.45) is 17.8 Å². The number of ketones is 1. The molecule has 5 nitrogen and oxygen atoms in total. The number of esters is 1. The summed E-state index contributed by atoms with van der Waals surface area (Å²) < 4.78 is 23.9. The molecular formula is C21H22FNO4. The molecule has 1 aromatic heterocycles. The van der Waals surface area contributed by atoms with E-state index < -0.39 is 0 Å². The van der Waals surface area contributed by atoms with E-state index in [4.69, 9.17) is 9.26 Å². The van der Waals surface area contributed by atoms with Crippen LogP contribution in [-0.4, -0.2) is 16.9 Å². The van der Waals surface area contributed by atoms with Crippen molar-refractivity contribution < 1.29 is 23.2 Å². The van der Waals surface area contributed by atoms with E-state index in [1.165, 1.54) is 12.1 Å². The van der Waals surface area contributed by atoms with Gasteiger partial charge in [-0.05, 0) is 56.9 Å². The van der Waals surface area contributed by atoms with Gasteiger partial charge in [0.25, 0.3) is 0 Å². The molecule has 0 spiro atoms. The third-order valence-electron chi connectivity index (χ3n) is 5.86. The summed E-state index contributed by atoms with van der Waals surface area (Å²) >= 11 is 0. The third-order valence-corrected chi connectivity index (χ3v) is 5.86. The van der Waals surface area contributed by atoms with Crippen molar-refractivity contribution >= 4 is 11.8 Å². The first-order chi connectivity index (χ1) is 13.0. The predicted octanol–water partition coefficient (Wildman–Crippen LogP) is 4.23. The molecule has 0 amide bonds. The van der Waals surface area contributed by atoms with Gasteiger partial charge in [-0.15, -0.1) is 0 Å². The standard InChI is InChI=1S/C21H22FNO4/c1-12-18(23-27-20(12)13-5-7-17(22)8-6-13)11-26-21(25)16-9-14-3-2-4-15(10-16)19(14)24/h5-8,14-16H,2-4,9-11H2,1H3/t14-,15+,16?. The van der Waals surface area contributed by atoms with E-state index in [-0.39, 0.29) is 36.1 Å². The van der Waals surface area contributed by atoms with Crippen molar-refractivity contribution in [1.29, 1.82) is 0 Å². The Labute approximate surface area is 156 Å². The lowest BCUT2D eigenvalue weighted by atomic mass is 9.67. The second kappa shape index (κ2) is 7.25. The number of carbonyl (C=O) groups excluding carboxylic acids is 2. The van der Waals surface area contributed by atoms with Crippen LogP contribution in [0.5, 0.6) is 0 Å². The average Bonchev–Trinajstić information content (AvgIpc) is 3.01. The maximum atomic E-state index is 13.1. The Morgan fingerprint density at radius 1 is 1.22 bits per heavy atom. The Kier molecular flexibility index (Phi) is 4.81. The van der Waals surface area contributed by atoms with Gasteiger partial charge < -0.3 is 9.26 Å². The second-order valence-corrected chi connectivity index (χ2v) is 7.59. The van der Waals surface area contributed by atoms with Gasteiger partial charge >= 0.3 is 5.97 Å². The largest absolute Gasteiger partial charge is 0.459 e. The number of Topliss-reactive ketones (excluding diaryl/α,β-unsaturated/α-hetero) is 1. The monoisotopic (exact) mass is 371 g/mol. The van der Waals surface area contributed by atoms with E-state index in [2.05, 4.69) is 5.16 Å². The van der Waals surface area contributed by atoms with Crippen LogP contribution >= 0.6 is 0 Å². The first-order valence-corrected chi connectivity index (χ1v) is 9.44. The molecule has 2 bridgehead atoms. The number of aromatic nitrogens is 1. The highest BCUT2D eigenvalue weighted by Crippen LogP contribution is 2.40. The minimum absolute atomic E-state index is 0.0221. The molecule has 1 heterocycles. The van der Waals surface area contributed by atoms with Crippen molar-refractivity contribution in [3.63, 3.8) is 0 Å². The number of fused-ring (bicyclic) bond motifs is 2. The van der Waals surface area contributed by atoms with E-state index in [1.807, 2.05) is 6.92 Å². The molecule has 2 aromatic rings. The van der Waals surface area contributed by atoms with Crippen molar-refractivity contribution in [1.82, 2.24) is 5.16 Å². The van der Waals surface area contributed by atoms with E-state index in [0.29, 0.717) is 30.1 Å². The maximum Gasteiger partial charge on any atom is 0.309 e. The minimum Gasteiger partial charge on any atom is -0.459 e. The molecule has 3 atom stereocenters. The highest BCUT2D eigenvalue weighted by atomic mass is 19.1. The van der Waals surface area contributed by atoms with E-state index >= 15 is 0 Å². The lowest BCUT2D eigenvalue weighted by Gasteiger charge is -2.36. The molecule has 0 saturated heterocycles. The minimum atomic E-state index is -0.319. The number of nitrogens with zero attached hydrogens (tertiary/aromatic N) is 1. The maximum absolute atomic E-state index is 13.1. The van der Waals surface area contributed by atoms with Crippen molar-refractivity contribution in [3.05, 3.63) is 41.3 Å². The normalized spacial score (nSPS) is 24.7. The van der Waals surface area contributed by atoms with E-state index in [9.17, 15) is 14.0 Å². The highest BCUT2D eigenvalue weighted by molar-refractivity contribution is 5.87. The first kappa shape index (κ1) is 17.9. The van der Waals surface area contributed by atoms with Crippen LogP contribution in [0.4, 0.5) is 4.39 Å². The fraction of sp³-hybridized carbons (Fsp3) is 0.476. The molecule has 6 heteroatoms. The van der Waals surface area contributed by atoms with Gasteiger partial charge in [-0.2, -0.15) is 0 Å². The second-order valence-electron chi connectivity index (χ2n) is 7.59. The van der Waals surface area contributed by atoms with E-state index in [1.54, 1.807) is 12.1 Å². The van der Waals surface area contributed by atoms with Gasteiger partial charge in [0.2, 0.25) is 0 Å². The molecule has 0 N–H and O–H groups in total. The summed E-state index contributed by atoms with van der Waals surface area (Å²) in [6.07, 6.45) is 4.07. The number of hydrogen-bond donors (Lipinski definition) is 0. The number of ether oxygens (including phenoxy) is 1. The van der Waals surface area contributed by atoms with Gasteiger partial charge in [0.05, 0.1) is 5.92 Å². The van der Waals surface area contributed by atoms with Gasteiger partial charge in [-0.1, -0.05) is 11.6 Å². The summed E-state index contributed by atoms with van der Waals surface area (Å²) in [6.45, 7) is 1.87. The molecule has 2 fully saturated rings. The summed E-state index contributed by atoms with van der Waals surface area (Å²) in [4.78, 5) is 24.7. The molecule has 2 saturated carbocycles. The number of carbonyl (C=O) groups is 2. The number of halogens is 1. The molecule has 27 heavy (non-hydrogen) atoms. The Morgan fingerprint density at radius 2 is 1.89 bits per heavy atom. The summed E-state index contributed by atoms with van der Waals surface area (Å²) in [5.74, 6) is 0.135. The zero-order chi connectivity index (χ0) is 19.0. The van der Waals surface area contributed by atoms with Crippen LogP contribution in [0.2, 0.25) is 0 Å². The Bertz CT molecular complexity index is 842. The van der Waals surface area contributed by atoms with Crippen LogP contribution in [0.1, 0.15) is 43.4 Å². The van der Waals surface area contributed by atoms with Gasteiger partial charge in [-0.3, -0.25) is 9.59 Å². The van der Waals surface area contributed by atoms with Gasteiger partial charge in [-0.25, -0.2) is 4.39 Å². The van der Waals surface area contributed by atoms with Crippen LogP contribution in [0.15, 0.2) is 28.8 Å². The molecule has 0 radical (unpaired) electrons. The molecule has 2 aliphatic carbocycles. The Hall–Kier alpha value is -2.50. The molecular weight excluding hydrogens is 349 g/mol. The molecule has 0 aliphatic heterocycles. The highest BCUT2D eigenvalue weighted by Gasteiger charge is 2.41. The number of hydrogen-bond acceptors (Lipinski definition) is 5. The molecule has 1 aromatic carbocycles. The quantitative estimate of drug-likeness (QED) is 0.753. The summed E-state index contributed by atoms with van der Waals surface area (Å²) in [5.41, 5.74) is 2.04. The molecule has 4 rings (SSSR count). The zero-order valence-electron chi connectivity index (χ0n) is 15.2. The van der Waals surface area contributed by atoms with Gasteiger partial charge in [0.1, 0.15) is 23.9 Å². The summed E-state index contributed by atoms with van der Waals surface area (Å²) in [6, 6.07) is 5.96. The Morgan fingerprint density at radius 3 is 2.56 bits per heavy atom. The molecule has 1 unspecified atom stereocenters. The molecule has 2 aliphatic rings. The lowest BCUT2D eigenvalue weighted by Crippen LogP contribution is -2.39. The summed E-state index contributed by atoms with van der Waals surface area (Å²) in [7, 11) is 0. The van der Waals surface area contributed by atoms with Crippen LogP contribution in [0, 0.1) is 30.5 Å². The average molecular weight is 371 g/mol. The van der Waals surface area contributed by atoms with Crippen LogP contribution < -0.4 is 0 Å². The fourth-order valence-corrected chi connectivity index (χ4v) is 4.30. The van der Waals surface area contributed by atoms with Crippen LogP contribution in [0.25, 0.3) is 11.3 Å². The fourth-order valence-electron chi connectivity index (χ4n) is 4.30. The number of benzene rings is 1. The number of rotatable bonds is 4. The topological polar surface area (TPSA) is 69.4 Å². The zero-order valence-corrected chi connectivity index (χ0v) is 15.2. The Balaban J connectivity index is 1.40. The third kappa shape index (κ3) is 3.53. The van der Waals surface area contributed by atoms with Crippen LogP contribution in [0.3, 0.4) is 0 Å². The predicted molar refractivity (Wildman–Crippen MR) is 95.0 cm³/mol. The van der Waals surface area contributed by atoms with Crippen molar-refractivity contribution in [2.75, 3.05) is 0 Å².